The second kappa shape index (κ2) is 4.73. The number of nitrogens with two attached hydrogens (primary N) is 1. The molecule has 0 spiro atoms. The van der Waals surface area contributed by atoms with E-state index in [1.54, 1.807) is 19.4 Å². The maximum Gasteiger partial charge on any atom is 0.327 e. The second-order valence-corrected chi connectivity index (χ2v) is 4.12. The molecule has 96 valence electrons. The Kier molecular flexibility index (Phi) is 3.29. The maximum atomic E-state index is 13.5. The van der Waals surface area contributed by atoms with E-state index in [0.29, 0.717) is 0 Å². The average Bonchev–Trinajstić information content (AvgIpc) is 2.64. The topological polar surface area (TPSA) is 52.9 Å². The van der Waals surface area contributed by atoms with E-state index in [-0.39, 0.29) is 17.8 Å². The van der Waals surface area contributed by atoms with Crippen LogP contribution in [0, 0.1) is 11.6 Å². The fourth-order valence-electron chi connectivity index (χ4n) is 1.76. The maximum absolute atomic E-state index is 13.5. The molecule has 4 nitrogen and oxygen atoms in total. The molecule has 1 atom stereocenters. The number of rotatable bonds is 3. The molecule has 1 aromatic carbocycles. The van der Waals surface area contributed by atoms with Gasteiger partial charge < -0.3 is 10.3 Å². The molecular weight excluding hydrogens is 240 g/mol. The van der Waals surface area contributed by atoms with Gasteiger partial charge in [0.15, 0.2) is 0 Å². The van der Waals surface area contributed by atoms with Gasteiger partial charge in [-0.15, -0.1) is 0 Å². The number of imidazole rings is 1. The zero-order valence-corrected chi connectivity index (χ0v) is 9.81. The summed E-state index contributed by atoms with van der Waals surface area (Å²) in [7, 11) is 1.60. The summed E-state index contributed by atoms with van der Waals surface area (Å²) in [6.45, 7) is 0.0973. The number of hydrogen-bond acceptors (Lipinski definition) is 2. The highest BCUT2D eigenvalue weighted by atomic mass is 19.1. The molecule has 0 aliphatic heterocycles. The van der Waals surface area contributed by atoms with E-state index in [0.717, 1.165) is 18.2 Å². The molecule has 2 N–H and O–H groups in total. The highest BCUT2D eigenvalue weighted by molar-refractivity contribution is 5.22. The molecule has 0 saturated carbocycles. The highest BCUT2D eigenvalue weighted by Gasteiger charge is 2.14. The third-order valence-electron chi connectivity index (χ3n) is 2.77. The van der Waals surface area contributed by atoms with Gasteiger partial charge in [-0.1, -0.05) is 0 Å². The van der Waals surface area contributed by atoms with Crippen LogP contribution in [0.1, 0.15) is 11.6 Å². The van der Waals surface area contributed by atoms with Crippen LogP contribution in [0.15, 0.2) is 35.4 Å². The molecule has 0 aliphatic carbocycles. The quantitative estimate of drug-likeness (QED) is 0.892. The van der Waals surface area contributed by atoms with Crippen LogP contribution in [0.25, 0.3) is 0 Å². The SMILES string of the molecule is Cn1ccn(CC(N)c2cc(F)ccc2F)c1=O. The Morgan fingerprint density at radius 3 is 2.67 bits per heavy atom. The molecule has 0 amide bonds. The molecule has 2 aromatic rings. The van der Waals surface area contributed by atoms with E-state index in [1.165, 1.54) is 9.13 Å². The highest BCUT2D eigenvalue weighted by Crippen LogP contribution is 2.17. The molecule has 6 heteroatoms. The summed E-state index contributed by atoms with van der Waals surface area (Å²) in [5.41, 5.74) is 5.61. The van der Waals surface area contributed by atoms with Gasteiger partial charge >= 0.3 is 5.69 Å². The second-order valence-electron chi connectivity index (χ2n) is 4.12. The van der Waals surface area contributed by atoms with Crippen molar-refractivity contribution in [3.63, 3.8) is 0 Å². The molecule has 0 bridgehead atoms. The Balaban J connectivity index is 2.27. The average molecular weight is 253 g/mol. The van der Waals surface area contributed by atoms with Gasteiger partial charge in [0.2, 0.25) is 0 Å². The van der Waals surface area contributed by atoms with Gasteiger partial charge in [0, 0.05) is 31.5 Å². The van der Waals surface area contributed by atoms with Crippen LogP contribution >= 0.6 is 0 Å². The summed E-state index contributed by atoms with van der Waals surface area (Å²) < 4.78 is 29.3. The molecule has 0 fully saturated rings. The van der Waals surface area contributed by atoms with Crippen molar-refractivity contribution in [3.05, 3.63) is 58.3 Å². The minimum Gasteiger partial charge on any atom is -0.322 e. The lowest BCUT2D eigenvalue weighted by atomic mass is 10.1. The van der Waals surface area contributed by atoms with E-state index in [2.05, 4.69) is 0 Å². The van der Waals surface area contributed by atoms with Gasteiger partial charge in [-0.2, -0.15) is 0 Å². The van der Waals surface area contributed by atoms with Crippen LogP contribution < -0.4 is 11.4 Å². The lowest BCUT2D eigenvalue weighted by Crippen LogP contribution is -2.27. The third kappa shape index (κ3) is 2.33. The monoisotopic (exact) mass is 253 g/mol. The van der Waals surface area contributed by atoms with Crippen LogP contribution in [0.5, 0.6) is 0 Å². The number of aryl methyl sites for hydroxylation is 1. The minimum atomic E-state index is -0.777. The molecule has 0 aliphatic rings. The lowest BCUT2D eigenvalue weighted by molar-refractivity contribution is 0.512. The van der Waals surface area contributed by atoms with Crippen molar-refractivity contribution in [1.29, 1.82) is 0 Å². The molecule has 0 radical (unpaired) electrons. The van der Waals surface area contributed by atoms with Crippen LogP contribution in [0.2, 0.25) is 0 Å². The van der Waals surface area contributed by atoms with Crippen LogP contribution in [-0.2, 0) is 13.6 Å². The number of hydrogen-bond donors (Lipinski definition) is 1. The van der Waals surface area contributed by atoms with E-state index >= 15 is 0 Å². The summed E-state index contributed by atoms with van der Waals surface area (Å²) in [6, 6.07) is 2.33. The van der Waals surface area contributed by atoms with Gasteiger partial charge in [-0.25, -0.2) is 13.6 Å². The van der Waals surface area contributed by atoms with Gasteiger partial charge in [-0.3, -0.25) is 4.57 Å². The van der Waals surface area contributed by atoms with Crippen molar-refractivity contribution in [1.82, 2.24) is 9.13 Å². The summed E-state index contributed by atoms with van der Waals surface area (Å²) in [6.07, 6.45) is 3.14. The predicted octanol–water partition coefficient (Wildman–Crippen LogP) is 1.16. The van der Waals surface area contributed by atoms with Gasteiger partial charge in [-0.05, 0) is 18.2 Å². The Hall–Kier alpha value is -1.95. The van der Waals surface area contributed by atoms with Gasteiger partial charge in [0.05, 0.1) is 6.04 Å². The normalized spacial score (nSPS) is 12.7. The first-order valence-electron chi connectivity index (χ1n) is 5.41. The molecular formula is C12H13F2N3O. The Bertz CT molecular complexity index is 618. The Morgan fingerprint density at radius 2 is 2.06 bits per heavy atom. The van der Waals surface area contributed by atoms with Crippen molar-refractivity contribution < 1.29 is 8.78 Å². The first kappa shape index (κ1) is 12.5. The third-order valence-corrected chi connectivity index (χ3v) is 2.77. The number of nitrogens with zero attached hydrogens (tertiary/aromatic N) is 2. The van der Waals surface area contributed by atoms with Crippen molar-refractivity contribution in [2.24, 2.45) is 12.8 Å². The summed E-state index contributed by atoms with van der Waals surface area (Å²) in [5, 5.41) is 0. The predicted molar refractivity (Wildman–Crippen MR) is 63.0 cm³/mol. The van der Waals surface area contributed by atoms with Crippen molar-refractivity contribution in [3.8, 4) is 0 Å². The molecule has 1 unspecified atom stereocenters. The number of halogens is 2. The van der Waals surface area contributed by atoms with Crippen LogP contribution in [0.3, 0.4) is 0 Å². The summed E-state index contributed by atoms with van der Waals surface area (Å²) in [5.74, 6) is -1.13. The standard InChI is InChI=1S/C12H13F2N3O/c1-16-4-5-17(12(16)18)7-11(15)9-6-8(13)2-3-10(9)14/h2-6,11H,7,15H2,1H3. The van der Waals surface area contributed by atoms with Crippen molar-refractivity contribution >= 4 is 0 Å². The first-order valence-corrected chi connectivity index (χ1v) is 5.41. The van der Waals surface area contributed by atoms with E-state index in [9.17, 15) is 13.6 Å². The zero-order chi connectivity index (χ0) is 13.3. The Labute approximate surface area is 102 Å². The van der Waals surface area contributed by atoms with Crippen molar-refractivity contribution in [2.75, 3.05) is 0 Å². The zero-order valence-electron chi connectivity index (χ0n) is 9.81. The lowest BCUT2D eigenvalue weighted by Gasteiger charge is -2.13. The van der Waals surface area contributed by atoms with Crippen LogP contribution in [0.4, 0.5) is 8.78 Å². The smallest absolute Gasteiger partial charge is 0.322 e. The Morgan fingerprint density at radius 1 is 1.33 bits per heavy atom. The largest absolute Gasteiger partial charge is 0.327 e. The fourth-order valence-corrected chi connectivity index (χ4v) is 1.76. The van der Waals surface area contributed by atoms with Crippen LogP contribution in [-0.4, -0.2) is 9.13 Å². The first-order chi connectivity index (χ1) is 8.49. The van der Waals surface area contributed by atoms with Crippen molar-refractivity contribution in [2.45, 2.75) is 12.6 Å². The van der Waals surface area contributed by atoms with Gasteiger partial charge in [0.25, 0.3) is 0 Å². The summed E-state index contributed by atoms with van der Waals surface area (Å²) >= 11 is 0. The van der Waals surface area contributed by atoms with Gasteiger partial charge in [0.1, 0.15) is 11.6 Å². The molecule has 2 rings (SSSR count). The molecule has 1 aromatic heterocycles. The summed E-state index contributed by atoms with van der Waals surface area (Å²) in [4.78, 5) is 11.6. The molecule has 0 saturated heterocycles. The fraction of sp³-hybridized carbons (Fsp3) is 0.250. The van der Waals surface area contributed by atoms with E-state index < -0.39 is 17.7 Å². The number of benzene rings is 1. The van der Waals surface area contributed by atoms with E-state index in [4.69, 9.17) is 5.73 Å². The molecule has 1 heterocycles. The number of aromatic nitrogens is 2. The molecule has 18 heavy (non-hydrogen) atoms. The minimum absolute atomic E-state index is 0.0609. The van der Waals surface area contributed by atoms with E-state index in [1.807, 2.05) is 0 Å².